The van der Waals surface area contributed by atoms with E-state index in [0.29, 0.717) is 0 Å². The molecule has 3 rings (SSSR count). The molecular weight excluding hydrogens is 244 g/mol. The van der Waals surface area contributed by atoms with Gasteiger partial charge in [0.2, 0.25) is 0 Å². The molecule has 0 aliphatic heterocycles. The lowest BCUT2D eigenvalue weighted by atomic mass is 10.3. The summed E-state index contributed by atoms with van der Waals surface area (Å²) in [6, 6.07) is 17.9. The molecule has 0 amide bonds. The van der Waals surface area contributed by atoms with Gasteiger partial charge in [-0.3, -0.25) is 0 Å². The molecule has 0 N–H and O–H groups in total. The molecule has 2 nitrogen and oxygen atoms in total. The lowest BCUT2D eigenvalue weighted by molar-refractivity contribution is 0.413. The SMILES string of the molecule is COc1ccc(Oc2cc3ccccc3s2)cc1. The maximum atomic E-state index is 5.83. The summed E-state index contributed by atoms with van der Waals surface area (Å²) >= 11 is 1.65. The Morgan fingerprint density at radius 2 is 1.61 bits per heavy atom. The van der Waals surface area contributed by atoms with Crippen molar-refractivity contribution in [2.24, 2.45) is 0 Å². The van der Waals surface area contributed by atoms with Gasteiger partial charge in [0.25, 0.3) is 0 Å². The average Bonchev–Trinajstić information content (AvgIpc) is 2.82. The molecule has 0 saturated carbocycles. The highest BCUT2D eigenvalue weighted by Gasteiger charge is 2.03. The lowest BCUT2D eigenvalue weighted by Crippen LogP contribution is -1.83. The fraction of sp³-hybridized carbons (Fsp3) is 0.0667. The first-order valence-corrected chi connectivity index (χ1v) is 6.47. The summed E-state index contributed by atoms with van der Waals surface area (Å²) in [6.45, 7) is 0. The van der Waals surface area contributed by atoms with Gasteiger partial charge in [-0.2, -0.15) is 0 Å². The van der Waals surface area contributed by atoms with Crippen molar-refractivity contribution in [2.75, 3.05) is 7.11 Å². The van der Waals surface area contributed by atoms with Gasteiger partial charge >= 0.3 is 0 Å². The van der Waals surface area contributed by atoms with Crippen LogP contribution >= 0.6 is 11.3 Å². The van der Waals surface area contributed by atoms with Gasteiger partial charge in [0.15, 0.2) is 5.06 Å². The van der Waals surface area contributed by atoms with Gasteiger partial charge in [0, 0.05) is 10.8 Å². The Balaban J connectivity index is 1.86. The standard InChI is InChI=1S/C15H12O2S/c1-16-12-6-8-13(9-7-12)17-15-10-11-4-2-3-5-14(11)18-15/h2-10H,1H3. The predicted octanol–water partition coefficient (Wildman–Crippen LogP) is 4.70. The first-order valence-electron chi connectivity index (χ1n) is 5.65. The number of hydrogen-bond donors (Lipinski definition) is 0. The maximum absolute atomic E-state index is 5.83. The fourth-order valence-electron chi connectivity index (χ4n) is 1.77. The van der Waals surface area contributed by atoms with E-state index in [1.54, 1.807) is 18.4 Å². The van der Waals surface area contributed by atoms with E-state index in [2.05, 4.69) is 18.2 Å². The third-order valence-corrected chi connectivity index (χ3v) is 3.67. The molecule has 0 aliphatic rings. The normalized spacial score (nSPS) is 10.5. The Labute approximate surface area is 109 Å². The van der Waals surface area contributed by atoms with E-state index in [1.807, 2.05) is 36.4 Å². The van der Waals surface area contributed by atoms with Crippen LogP contribution in [0.15, 0.2) is 54.6 Å². The monoisotopic (exact) mass is 256 g/mol. The molecule has 0 radical (unpaired) electrons. The predicted molar refractivity (Wildman–Crippen MR) is 74.9 cm³/mol. The van der Waals surface area contributed by atoms with E-state index in [-0.39, 0.29) is 0 Å². The topological polar surface area (TPSA) is 18.5 Å². The highest BCUT2D eigenvalue weighted by molar-refractivity contribution is 7.20. The van der Waals surface area contributed by atoms with Gasteiger partial charge in [-0.25, -0.2) is 0 Å². The molecule has 0 aliphatic carbocycles. The molecule has 3 heteroatoms. The van der Waals surface area contributed by atoms with Crippen LogP contribution < -0.4 is 9.47 Å². The van der Waals surface area contributed by atoms with Crippen LogP contribution in [0, 0.1) is 0 Å². The second-order valence-corrected chi connectivity index (χ2v) is 4.93. The van der Waals surface area contributed by atoms with E-state index in [4.69, 9.17) is 9.47 Å². The highest BCUT2D eigenvalue weighted by atomic mass is 32.1. The number of hydrogen-bond acceptors (Lipinski definition) is 3. The van der Waals surface area contributed by atoms with Gasteiger partial charge in [0.1, 0.15) is 11.5 Å². The fourth-order valence-corrected chi connectivity index (χ4v) is 2.70. The lowest BCUT2D eigenvalue weighted by Gasteiger charge is -2.03. The number of rotatable bonds is 3. The number of ether oxygens (including phenoxy) is 2. The zero-order valence-corrected chi connectivity index (χ0v) is 10.7. The molecule has 0 bridgehead atoms. The summed E-state index contributed by atoms with van der Waals surface area (Å²) in [7, 11) is 1.65. The van der Waals surface area contributed by atoms with Gasteiger partial charge in [0.05, 0.1) is 7.11 Å². The summed E-state index contributed by atoms with van der Waals surface area (Å²) in [5, 5.41) is 2.12. The van der Waals surface area contributed by atoms with Crippen molar-refractivity contribution in [3.63, 3.8) is 0 Å². The van der Waals surface area contributed by atoms with Crippen LogP contribution in [0.4, 0.5) is 0 Å². The van der Waals surface area contributed by atoms with E-state index < -0.39 is 0 Å². The second-order valence-electron chi connectivity index (χ2n) is 3.88. The molecule has 90 valence electrons. The van der Waals surface area contributed by atoms with Crippen molar-refractivity contribution in [3.05, 3.63) is 54.6 Å². The third-order valence-electron chi connectivity index (χ3n) is 2.68. The molecule has 0 fully saturated rings. The van der Waals surface area contributed by atoms with Crippen molar-refractivity contribution in [1.82, 2.24) is 0 Å². The van der Waals surface area contributed by atoms with Crippen molar-refractivity contribution in [3.8, 4) is 16.6 Å². The van der Waals surface area contributed by atoms with Crippen molar-refractivity contribution < 1.29 is 9.47 Å². The molecule has 1 heterocycles. The van der Waals surface area contributed by atoms with Crippen LogP contribution in [-0.2, 0) is 0 Å². The largest absolute Gasteiger partial charge is 0.497 e. The van der Waals surface area contributed by atoms with Gasteiger partial charge in [-0.1, -0.05) is 29.5 Å². The minimum Gasteiger partial charge on any atom is -0.497 e. The summed E-state index contributed by atoms with van der Waals surface area (Å²) < 4.78 is 12.2. The van der Waals surface area contributed by atoms with Crippen molar-refractivity contribution in [1.29, 1.82) is 0 Å². The minimum absolute atomic E-state index is 0.822. The molecule has 0 saturated heterocycles. The molecule has 18 heavy (non-hydrogen) atoms. The molecular formula is C15H12O2S. The van der Waals surface area contributed by atoms with E-state index in [1.165, 1.54) is 10.1 Å². The second kappa shape index (κ2) is 4.70. The average molecular weight is 256 g/mol. The number of fused-ring (bicyclic) bond motifs is 1. The summed E-state index contributed by atoms with van der Waals surface area (Å²) in [5.41, 5.74) is 0. The Hall–Kier alpha value is -2.00. The van der Waals surface area contributed by atoms with Crippen LogP contribution in [0.2, 0.25) is 0 Å². The van der Waals surface area contributed by atoms with E-state index in [9.17, 15) is 0 Å². The van der Waals surface area contributed by atoms with Gasteiger partial charge in [-0.15, -0.1) is 0 Å². The Morgan fingerprint density at radius 3 is 2.33 bits per heavy atom. The number of benzene rings is 2. The molecule has 0 atom stereocenters. The van der Waals surface area contributed by atoms with Gasteiger partial charge < -0.3 is 9.47 Å². The number of thiophene rings is 1. The van der Waals surface area contributed by atoms with Crippen LogP contribution in [0.3, 0.4) is 0 Å². The smallest absolute Gasteiger partial charge is 0.182 e. The summed E-state index contributed by atoms with van der Waals surface area (Å²) in [5.74, 6) is 1.65. The Bertz CT molecular complexity index is 623. The van der Waals surface area contributed by atoms with Crippen LogP contribution in [0.25, 0.3) is 10.1 Å². The molecule has 1 aromatic heterocycles. The van der Waals surface area contributed by atoms with Crippen molar-refractivity contribution >= 4 is 21.4 Å². The zero-order chi connectivity index (χ0) is 12.4. The maximum Gasteiger partial charge on any atom is 0.182 e. The molecule has 2 aromatic carbocycles. The molecule has 0 unspecified atom stereocenters. The van der Waals surface area contributed by atoms with Gasteiger partial charge in [-0.05, 0) is 35.7 Å². The first kappa shape index (κ1) is 11.1. The van der Waals surface area contributed by atoms with Crippen LogP contribution in [0.1, 0.15) is 0 Å². The zero-order valence-electron chi connectivity index (χ0n) is 9.92. The molecule has 0 spiro atoms. The van der Waals surface area contributed by atoms with Crippen molar-refractivity contribution in [2.45, 2.75) is 0 Å². The van der Waals surface area contributed by atoms with E-state index in [0.717, 1.165) is 16.6 Å². The van der Waals surface area contributed by atoms with Crippen LogP contribution in [0.5, 0.6) is 16.6 Å². The quantitative estimate of drug-likeness (QED) is 0.676. The summed E-state index contributed by atoms with van der Waals surface area (Å²) in [6.07, 6.45) is 0. The Morgan fingerprint density at radius 1 is 0.889 bits per heavy atom. The minimum atomic E-state index is 0.822. The highest BCUT2D eigenvalue weighted by Crippen LogP contribution is 2.34. The Kier molecular flexibility index (Phi) is 2.90. The third kappa shape index (κ3) is 2.17. The van der Waals surface area contributed by atoms with Crippen LogP contribution in [-0.4, -0.2) is 7.11 Å². The first-order chi connectivity index (χ1) is 8.85. The molecule has 3 aromatic rings. The summed E-state index contributed by atoms with van der Waals surface area (Å²) in [4.78, 5) is 0. The van der Waals surface area contributed by atoms with E-state index >= 15 is 0 Å². The number of methoxy groups -OCH3 is 1.